The van der Waals surface area contributed by atoms with Crippen LogP contribution in [0.3, 0.4) is 0 Å². The first-order chi connectivity index (χ1) is 11.2. The second-order valence-corrected chi connectivity index (χ2v) is 7.23. The van der Waals surface area contributed by atoms with Crippen LogP contribution in [0.5, 0.6) is 5.75 Å². The summed E-state index contributed by atoms with van der Waals surface area (Å²) in [6, 6.07) is 9.14. The van der Waals surface area contributed by atoms with Crippen molar-refractivity contribution in [3.8, 4) is 5.75 Å². The molecule has 0 saturated heterocycles. The molecule has 0 fully saturated rings. The first-order valence-corrected chi connectivity index (χ1v) is 8.83. The smallest absolute Gasteiger partial charge is 0.261 e. The molecular weight excluding hydrogens is 352 g/mol. The van der Waals surface area contributed by atoms with Crippen LogP contribution in [0.4, 0.5) is 11.4 Å². The standard InChI is InChI=1S/C16H17ClN2O4S/c1-10-4-5-12(17)8-14(10)19-24(21,22)13-6-7-16(23-3)15(9-13)18-11(2)20/h4-9,19H,1-3H3,(H,18,20). The first-order valence-electron chi connectivity index (χ1n) is 6.97. The van der Waals surface area contributed by atoms with Gasteiger partial charge in [0.05, 0.1) is 23.4 Å². The third-order valence-corrected chi connectivity index (χ3v) is 4.83. The number of aryl methyl sites for hydroxylation is 1. The molecule has 0 unspecified atom stereocenters. The molecule has 0 aliphatic heterocycles. The maximum Gasteiger partial charge on any atom is 0.261 e. The van der Waals surface area contributed by atoms with Crippen molar-refractivity contribution in [1.82, 2.24) is 0 Å². The summed E-state index contributed by atoms with van der Waals surface area (Å²) >= 11 is 5.91. The Hall–Kier alpha value is -2.25. The Labute approximate surface area is 145 Å². The zero-order chi connectivity index (χ0) is 17.9. The molecule has 0 spiro atoms. The van der Waals surface area contributed by atoms with Crippen molar-refractivity contribution < 1.29 is 17.9 Å². The van der Waals surface area contributed by atoms with Crippen LogP contribution >= 0.6 is 11.6 Å². The van der Waals surface area contributed by atoms with Crippen LogP contribution in [0.15, 0.2) is 41.3 Å². The van der Waals surface area contributed by atoms with Crippen LogP contribution < -0.4 is 14.8 Å². The molecule has 6 nitrogen and oxygen atoms in total. The number of rotatable bonds is 5. The molecule has 0 aliphatic rings. The van der Waals surface area contributed by atoms with Crippen molar-refractivity contribution in [1.29, 1.82) is 0 Å². The Morgan fingerprint density at radius 2 is 1.83 bits per heavy atom. The van der Waals surface area contributed by atoms with E-state index in [9.17, 15) is 13.2 Å². The van der Waals surface area contributed by atoms with E-state index in [-0.39, 0.29) is 16.5 Å². The molecular formula is C16H17ClN2O4S. The van der Waals surface area contributed by atoms with E-state index in [1.165, 1.54) is 38.3 Å². The van der Waals surface area contributed by atoms with E-state index in [0.717, 1.165) is 5.56 Å². The molecule has 2 N–H and O–H groups in total. The van der Waals surface area contributed by atoms with Gasteiger partial charge in [-0.05, 0) is 42.8 Å². The zero-order valence-electron chi connectivity index (χ0n) is 13.4. The molecule has 1 amide bonds. The molecule has 2 rings (SSSR count). The van der Waals surface area contributed by atoms with E-state index in [1.54, 1.807) is 19.1 Å². The van der Waals surface area contributed by atoms with Crippen molar-refractivity contribution >= 4 is 38.9 Å². The first kappa shape index (κ1) is 18.1. The maximum absolute atomic E-state index is 12.6. The highest BCUT2D eigenvalue weighted by molar-refractivity contribution is 7.92. The van der Waals surface area contributed by atoms with Crippen LogP contribution in [-0.2, 0) is 14.8 Å². The number of ether oxygens (including phenoxy) is 1. The minimum absolute atomic E-state index is 0.00794. The summed E-state index contributed by atoms with van der Waals surface area (Å²) in [5.41, 5.74) is 1.40. The fourth-order valence-corrected chi connectivity index (χ4v) is 3.37. The van der Waals surface area contributed by atoms with Crippen molar-refractivity contribution in [2.45, 2.75) is 18.7 Å². The fourth-order valence-electron chi connectivity index (χ4n) is 2.05. The summed E-state index contributed by atoms with van der Waals surface area (Å²) in [4.78, 5) is 11.3. The minimum Gasteiger partial charge on any atom is -0.495 e. The van der Waals surface area contributed by atoms with Crippen LogP contribution in [0.2, 0.25) is 5.02 Å². The summed E-state index contributed by atoms with van der Waals surface area (Å²) in [7, 11) is -2.42. The van der Waals surface area contributed by atoms with Gasteiger partial charge in [0.15, 0.2) is 0 Å². The van der Waals surface area contributed by atoms with Gasteiger partial charge in [-0.15, -0.1) is 0 Å². The predicted molar refractivity (Wildman–Crippen MR) is 94.3 cm³/mol. The van der Waals surface area contributed by atoms with Gasteiger partial charge in [-0.3, -0.25) is 9.52 Å². The molecule has 0 aromatic heterocycles. The largest absolute Gasteiger partial charge is 0.495 e. The van der Waals surface area contributed by atoms with Crippen LogP contribution in [0, 0.1) is 6.92 Å². The number of methoxy groups -OCH3 is 1. The zero-order valence-corrected chi connectivity index (χ0v) is 15.0. The molecule has 24 heavy (non-hydrogen) atoms. The number of nitrogens with one attached hydrogen (secondary N) is 2. The highest BCUT2D eigenvalue weighted by atomic mass is 35.5. The monoisotopic (exact) mass is 368 g/mol. The number of carbonyl (C=O) groups excluding carboxylic acids is 1. The number of hydrogen-bond donors (Lipinski definition) is 2. The second kappa shape index (κ2) is 7.11. The lowest BCUT2D eigenvalue weighted by Crippen LogP contribution is -2.15. The SMILES string of the molecule is COc1ccc(S(=O)(=O)Nc2cc(Cl)ccc2C)cc1NC(C)=O. The average Bonchev–Trinajstić information content (AvgIpc) is 2.50. The summed E-state index contributed by atoms with van der Waals surface area (Å²) < 4.78 is 32.8. The Kier molecular flexibility index (Phi) is 5.36. The van der Waals surface area contributed by atoms with Crippen LogP contribution in [0.1, 0.15) is 12.5 Å². The molecule has 2 aromatic rings. The molecule has 8 heteroatoms. The van der Waals surface area contributed by atoms with E-state index in [0.29, 0.717) is 16.5 Å². The average molecular weight is 369 g/mol. The van der Waals surface area contributed by atoms with Crippen LogP contribution in [-0.4, -0.2) is 21.4 Å². The number of carbonyl (C=O) groups is 1. The number of halogens is 1. The predicted octanol–water partition coefficient (Wildman–Crippen LogP) is 3.42. The lowest BCUT2D eigenvalue weighted by atomic mass is 10.2. The molecule has 0 radical (unpaired) electrons. The van der Waals surface area contributed by atoms with E-state index in [2.05, 4.69) is 10.0 Å². The third-order valence-electron chi connectivity index (χ3n) is 3.24. The highest BCUT2D eigenvalue weighted by Crippen LogP contribution is 2.29. The second-order valence-electron chi connectivity index (χ2n) is 5.11. The number of hydrogen-bond acceptors (Lipinski definition) is 4. The Morgan fingerprint density at radius 1 is 1.12 bits per heavy atom. The summed E-state index contributed by atoms with van der Waals surface area (Å²) in [5, 5.41) is 2.97. The lowest BCUT2D eigenvalue weighted by molar-refractivity contribution is -0.114. The molecule has 0 bridgehead atoms. The summed E-state index contributed by atoms with van der Waals surface area (Å²) in [6.07, 6.45) is 0. The topological polar surface area (TPSA) is 84.5 Å². The lowest BCUT2D eigenvalue weighted by Gasteiger charge is -2.14. The maximum atomic E-state index is 12.6. The van der Waals surface area contributed by atoms with Gasteiger partial charge in [-0.1, -0.05) is 17.7 Å². The van der Waals surface area contributed by atoms with E-state index >= 15 is 0 Å². The van der Waals surface area contributed by atoms with E-state index < -0.39 is 10.0 Å². The van der Waals surface area contributed by atoms with Gasteiger partial charge in [0.1, 0.15) is 5.75 Å². The van der Waals surface area contributed by atoms with Gasteiger partial charge in [-0.25, -0.2) is 8.42 Å². The number of benzene rings is 2. The van der Waals surface area contributed by atoms with E-state index in [4.69, 9.17) is 16.3 Å². The Balaban J connectivity index is 2.42. The summed E-state index contributed by atoms with van der Waals surface area (Å²) in [6.45, 7) is 3.10. The highest BCUT2D eigenvalue weighted by Gasteiger charge is 2.18. The van der Waals surface area contributed by atoms with Gasteiger partial charge >= 0.3 is 0 Å². The van der Waals surface area contributed by atoms with Crippen LogP contribution in [0.25, 0.3) is 0 Å². The number of anilines is 2. The third kappa shape index (κ3) is 4.18. The quantitative estimate of drug-likeness (QED) is 0.846. The van der Waals surface area contributed by atoms with Gasteiger partial charge in [0.25, 0.3) is 10.0 Å². The Morgan fingerprint density at radius 3 is 2.46 bits per heavy atom. The Bertz CT molecular complexity index is 882. The van der Waals surface area contributed by atoms with Gasteiger partial charge in [0, 0.05) is 11.9 Å². The molecule has 0 heterocycles. The molecule has 2 aromatic carbocycles. The van der Waals surface area contributed by atoms with Gasteiger partial charge in [-0.2, -0.15) is 0 Å². The summed E-state index contributed by atoms with van der Waals surface area (Å²) in [5.74, 6) is 0.0320. The molecule has 0 aliphatic carbocycles. The van der Waals surface area contributed by atoms with Crippen molar-refractivity contribution in [2.75, 3.05) is 17.1 Å². The minimum atomic E-state index is -3.85. The van der Waals surface area contributed by atoms with E-state index in [1.807, 2.05) is 0 Å². The molecule has 0 saturated carbocycles. The fraction of sp³-hybridized carbons (Fsp3) is 0.188. The number of sulfonamides is 1. The molecule has 0 atom stereocenters. The molecule has 128 valence electrons. The normalized spacial score (nSPS) is 11.0. The number of amides is 1. The van der Waals surface area contributed by atoms with Gasteiger partial charge in [0.2, 0.25) is 5.91 Å². The van der Waals surface area contributed by atoms with Crippen molar-refractivity contribution in [3.63, 3.8) is 0 Å². The van der Waals surface area contributed by atoms with Crippen molar-refractivity contribution in [2.24, 2.45) is 0 Å². The van der Waals surface area contributed by atoms with Gasteiger partial charge < -0.3 is 10.1 Å². The van der Waals surface area contributed by atoms with Crippen molar-refractivity contribution in [3.05, 3.63) is 47.0 Å².